The van der Waals surface area contributed by atoms with Gasteiger partial charge in [0.2, 0.25) is 5.88 Å². The molecule has 0 aliphatic carbocycles. The van der Waals surface area contributed by atoms with E-state index in [0.717, 1.165) is 10.7 Å². The molecule has 0 radical (unpaired) electrons. The number of piperazine rings is 1. The second-order valence-corrected chi connectivity index (χ2v) is 5.01. The highest BCUT2D eigenvalue weighted by atomic mass is 35.5. The Morgan fingerprint density at radius 2 is 2.26 bits per heavy atom. The predicted molar refractivity (Wildman–Crippen MR) is 77.0 cm³/mol. The van der Waals surface area contributed by atoms with Gasteiger partial charge in [-0.1, -0.05) is 0 Å². The molecular formula is C12H18ClF3N4O3. The standard InChI is InChI=1S/C12H17F3N4O3.ClH/c1-18-10(6-9(17-18)12(13,14)15)22-5-2-8-7-19(11(20)21)4-3-16-8;/h6,8,16H,2-5,7H2,1H3,(H,20,21);1H/t8-;/m1./s1. The van der Waals surface area contributed by atoms with Crippen molar-refractivity contribution >= 4 is 18.5 Å². The average Bonchev–Trinajstić information content (AvgIpc) is 2.81. The van der Waals surface area contributed by atoms with Crippen molar-refractivity contribution in [2.24, 2.45) is 7.05 Å². The Morgan fingerprint density at radius 3 is 2.83 bits per heavy atom. The summed E-state index contributed by atoms with van der Waals surface area (Å²) in [5.74, 6) is 0.0261. The maximum atomic E-state index is 12.5. The summed E-state index contributed by atoms with van der Waals surface area (Å²) in [7, 11) is 1.37. The molecule has 23 heavy (non-hydrogen) atoms. The van der Waals surface area contributed by atoms with Crippen LogP contribution in [0.4, 0.5) is 18.0 Å². The molecule has 0 unspecified atom stereocenters. The Balaban J connectivity index is 0.00000264. The lowest BCUT2D eigenvalue weighted by atomic mass is 10.1. The Kier molecular flexibility index (Phi) is 6.51. The van der Waals surface area contributed by atoms with Crippen LogP contribution >= 0.6 is 12.4 Å². The van der Waals surface area contributed by atoms with Gasteiger partial charge in [-0.3, -0.25) is 0 Å². The Bertz CT molecular complexity index is 538. The van der Waals surface area contributed by atoms with Gasteiger partial charge in [-0.05, 0) is 6.42 Å². The van der Waals surface area contributed by atoms with Crippen LogP contribution in [0.5, 0.6) is 5.88 Å². The normalized spacial score (nSPS) is 18.4. The fraction of sp³-hybridized carbons (Fsp3) is 0.667. The highest BCUT2D eigenvalue weighted by Crippen LogP contribution is 2.30. The van der Waals surface area contributed by atoms with Gasteiger partial charge in [0.15, 0.2) is 5.69 Å². The first kappa shape index (κ1) is 19.4. The summed E-state index contributed by atoms with van der Waals surface area (Å²) in [5, 5.41) is 15.4. The number of amides is 1. The number of aromatic nitrogens is 2. The van der Waals surface area contributed by atoms with Crippen LogP contribution in [0.3, 0.4) is 0 Å². The van der Waals surface area contributed by atoms with Crippen LogP contribution in [0.15, 0.2) is 6.07 Å². The summed E-state index contributed by atoms with van der Waals surface area (Å²) < 4.78 is 43.9. The second kappa shape index (κ2) is 7.73. The molecule has 132 valence electrons. The molecule has 1 aliphatic heterocycles. The topological polar surface area (TPSA) is 79.6 Å². The van der Waals surface area contributed by atoms with Crippen molar-refractivity contribution in [1.29, 1.82) is 0 Å². The Morgan fingerprint density at radius 1 is 1.57 bits per heavy atom. The average molecular weight is 359 g/mol. The minimum atomic E-state index is -4.51. The molecule has 0 bridgehead atoms. The minimum absolute atomic E-state index is 0. The van der Waals surface area contributed by atoms with Gasteiger partial charge in [-0.25, -0.2) is 9.48 Å². The number of carbonyl (C=O) groups is 1. The number of nitrogens with zero attached hydrogens (tertiary/aromatic N) is 3. The molecule has 1 aliphatic rings. The number of aryl methyl sites for hydroxylation is 1. The zero-order valence-corrected chi connectivity index (χ0v) is 13.2. The molecule has 1 saturated heterocycles. The second-order valence-electron chi connectivity index (χ2n) is 5.01. The van der Waals surface area contributed by atoms with Crippen LogP contribution in [-0.2, 0) is 13.2 Å². The fourth-order valence-corrected chi connectivity index (χ4v) is 2.22. The summed E-state index contributed by atoms with van der Waals surface area (Å²) in [4.78, 5) is 12.2. The first-order valence-corrected chi connectivity index (χ1v) is 6.72. The largest absolute Gasteiger partial charge is 0.478 e. The van der Waals surface area contributed by atoms with Gasteiger partial charge in [0, 0.05) is 38.8 Å². The first-order valence-electron chi connectivity index (χ1n) is 6.72. The molecule has 1 aromatic rings. The van der Waals surface area contributed by atoms with Gasteiger partial charge in [-0.15, -0.1) is 12.4 Å². The molecule has 1 amide bonds. The maximum absolute atomic E-state index is 12.5. The summed E-state index contributed by atoms with van der Waals surface area (Å²) in [6, 6.07) is 0.762. The van der Waals surface area contributed by atoms with Gasteiger partial charge < -0.3 is 20.1 Å². The number of alkyl halides is 3. The molecule has 2 N–H and O–H groups in total. The molecule has 7 nitrogen and oxygen atoms in total. The lowest BCUT2D eigenvalue weighted by Gasteiger charge is -2.31. The highest BCUT2D eigenvalue weighted by Gasteiger charge is 2.35. The van der Waals surface area contributed by atoms with Crippen LogP contribution in [0.25, 0.3) is 0 Å². The molecule has 1 aromatic heterocycles. The molecule has 1 atom stereocenters. The number of rotatable bonds is 4. The molecule has 2 rings (SSSR count). The summed E-state index contributed by atoms with van der Waals surface area (Å²) in [6.45, 7) is 1.46. The third kappa shape index (κ3) is 5.17. The molecule has 11 heteroatoms. The minimum Gasteiger partial charge on any atom is -0.478 e. The monoisotopic (exact) mass is 358 g/mol. The lowest BCUT2D eigenvalue weighted by Crippen LogP contribution is -2.52. The zero-order chi connectivity index (χ0) is 16.3. The third-order valence-electron chi connectivity index (χ3n) is 3.37. The van der Waals surface area contributed by atoms with Crippen molar-refractivity contribution in [3.05, 3.63) is 11.8 Å². The van der Waals surface area contributed by atoms with Crippen LogP contribution in [0.1, 0.15) is 12.1 Å². The van der Waals surface area contributed by atoms with Crippen molar-refractivity contribution in [1.82, 2.24) is 20.0 Å². The van der Waals surface area contributed by atoms with Crippen molar-refractivity contribution in [3.8, 4) is 5.88 Å². The van der Waals surface area contributed by atoms with E-state index in [0.29, 0.717) is 26.1 Å². The van der Waals surface area contributed by atoms with E-state index < -0.39 is 18.0 Å². The first-order chi connectivity index (χ1) is 10.3. The summed E-state index contributed by atoms with van der Waals surface area (Å²) >= 11 is 0. The van der Waals surface area contributed by atoms with Gasteiger partial charge in [0.05, 0.1) is 6.61 Å². The molecular weight excluding hydrogens is 341 g/mol. The Hall–Kier alpha value is -1.68. The lowest BCUT2D eigenvalue weighted by molar-refractivity contribution is -0.141. The van der Waals surface area contributed by atoms with Gasteiger partial charge >= 0.3 is 12.3 Å². The van der Waals surface area contributed by atoms with E-state index in [1.54, 1.807) is 0 Å². The van der Waals surface area contributed by atoms with Crippen molar-refractivity contribution in [2.45, 2.75) is 18.6 Å². The number of hydrogen-bond donors (Lipinski definition) is 2. The zero-order valence-electron chi connectivity index (χ0n) is 12.3. The SMILES string of the molecule is Cl.Cn1nc(C(F)(F)F)cc1OCC[C@@H]1CN(C(=O)O)CCN1. The van der Waals surface area contributed by atoms with Crippen LogP contribution in [-0.4, -0.2) is 58.2 Å². The molecule has 1 fully saturated rings. The van der Waals surface area contributed by atoms with E-state index >= 15 is 0 Å². The fourth-order valence-electron chi connectivity index (χ4n) is 2.22. The van der Waals surface area contributed by atoms with E-state index in [4.69, 9.17) is 9.84 Å². The van der Waals surface area contributed by atoms with E-state index in [2.05, 4.69) is 10.4 Å². The summed E-state index contributed by atoms with van der Waals surface area (Å²) in [6.07, 6.45) is -5.00. The van der Waals surface area contributed by atoms with E-state index in [1.165, 1.54) is 11.9 Å². The van der Waals surface area contributed by atoms with Crippen molar-refractivity contribution in [2.75, 3.05) is 26.2 Å². The van der Waals surface area contributed by atoms with Gasteiger partial charge in [0.25, 0.3) is 0 Å². The Labute approximate surface area is 136 Å². The number of carboxylic acid groups (broad SMARTS) is 1. The van der Waals surface area contributed by atoms with Crippen molar-refractivity contribution in [3.63, 3.8) is 0 Å². The van der Waals surface area contributed by atoms with E-state index in [9.17, 15) is 18.0 Å². The van der Waals surface area contributed by atoms with E-state index in [1.807, 2.05) is 0 Å². The number of halogens is 4. The quantitative estimate of drug-likeness (QED) is 0.854. The van der Waals surface area contributed by atoms with Crippen LogP contribution in [0.2, 0.25) is 0 Å². The van der Waals surface area contributed by atoms with E-state index in [-0.39, 0.29) is 30.9 Å². The molecule has 0 spiro atoms. The molecule has 2 heterocycles. The number of nitrogens with one attached hydrogen (secondary N) is 1. The predicted octanol–water partition coefficient (Wildman–Crippen LogP) is 1.58. The summed E-state index contributed by atoms with van der Waals surface area (Å²) in [5.41, 5.74) is -1.00. The van der Waals surface area contributed by atoms with Gasteiger partial charge in [0.1, 0.15) is 0 Å². The van der Waals surface area contributed by atoms with Crippen molar-refractivity contribution < 1.29 is 27.8 Å². The third-order valence-corrected chi connectivity index (χ3v) is 3.37. The van der Waals surface area contributed by atoms with Gasteiger partial charge in [-0.2, -0.15) is 18.3 Å². The molecule has 0 aromatic carbocycles. The number of ether oxygens (including phenoxy) is 1. The maximum Gasteiger partial charge on any atom is 0.435 e. The smallest absolute Gasteiger partial charge is 0.435 e. The molecule has 0 saturated carbocycles. The van der Waals surface area contributed by atoms with Crippen LogP contribution in [0, 0.1) is 0 Å². The highest BCUT2D eigenvalue weighted by molar-refractivity contribution is 5.85. The number of hydrogen-bond acceptors (Lipinski definition) is 4. The van der Waals surface area contributed by atoms with Crippen LogP contribution < -0.4 is 10.1 Å².